The molecule has 0 bridgehead atoms. The van der Waals surface area contributed by atoms with E-state index in [1.807, 2.05) is 44.2 Å². The molecule has 1 aliphatic carbocycles. The lowest BCUT2D eigenvalue weighted by molar-refractivity contribution is -0.119. The Morgan fingerprint density at radius 1 is 0.967 bits per heavy atom. The molecule has 1 amide bonds. The van der Waals surface area contributed by atoms with E-state index in [0.29, 0.717) is 24.3 Å². The highest BCUT2D eigenvalue weighted by atomic mass is 16.5. The molecule has 0 N–H and O–H groups in total. The molecular formula is C25H27NO4. The fourth-order valence-corrected chi connectivity index (χ4v) is 4.82. The summed E-state index contributed by atoms with van der Waals surface area (Å²) in [5.74, 6) is 0.983. The van der Waals surface area contributed by atoms with Crippen LogP contribution in [-0.2, 0) is 9.59 Å². The van der Waals surface area contributed by atoms with Crippen LogP contribution in [0.2, 0.25) is 0 Å². The maximum Gasteiger partial charge on any atom is 0.232 e. The molecule has 156 valence electrons. The van der Waals surface area contributed by atoms with Gasteiger partial charge in [-0.1, -0.05) is 18.2 Å². The number of hydrogen-bond donors (Lipinski definition) is 0. The molecule has 0 radical (unpaired) electrons. The van der Waals surface area contributed by atoms with Crippen molar-refractivity contribution in [1.29, 1.82) is 0 Å². The average Bonchev–Trinajstić information content (AvgIpc) is 2.71. The fourth-order valence-electron chi connectivity index (χ4n) is 4.82. The molecule has 2 aromatic rings. The van der Waals surface area contributed by atoms with Gasteiger partial charge in [-0.3, -0.25) is 14.5 Å². The third kappa shape index (κ3) is 3.38. The van der Waals surface area contributed by atoms with Gasteiger partial charge in [0.25, 0.3) is 0 Å². The maximum atomic E-state index is 13.4. The summed E-state index contributed by atoms with van der Waals surface area (Å²) in [5.41, 5.74) is 5.44. The number of para-hydroxylation sites is 1. The molecule has 2 aliphatic rings. The predicted octanol–water partition coefficient (Wildman–Crippen LogP) is 4.85. The first-order valence-corrected chi connectivity index (χ1v) is 10.3. The molecular weight excluding hydrogens is 378 g/mol. The van der Waals surface area contributed by atoms with Crippen molar-refractivity contribution in [3.05, 3.63) is 64.4 Å². The number of amides is 1. The SMILES string of the molecule is COc1cccc([C@H]2CC(=O)N(c3cc(C)cc(C)c3)C3=C2C(=O)CCC3)c1OC. The topological polar surface area (TPSA) is 55.8 Å². The van der Waals surface area contributed by atoms with E-state index in [4.69, 9.17) is 9.47 Å². The normalized spacial score (nSPS) is 19.1. The van der Waals surface area contributed by atoms with E-state index in [2.05, 4.69) is 6.07 Å². The number of aryl methyl sites for hydroxylation is 2. The van der Waals surface area contributed by atoms with E-state index < -0.39 is 0 Å². The van der Waals surface area contributed by atoms with Gasteiger partial charge in [0.05, 0.1) is 14.2 Å². The summed E-state index contributed by atoms with van der Waals surface area (Å²) in [6.45, 7) is 4.05. The zero-order chi connectivity index (χ0) is 21.4. The van der Waals surface area contributed by atoms with Gasteiger partial charge in [0, 0.05) is 41.3 Å². The van der Waals surface area contributed by atoms with Crippen LogP contribution in [0.25, 0.3) is 0 Å². The van der Waals surface area contributed by atoms with Gasteiger partial charge in [-0.05, 0) is 56.0 Å². The highest BCUT2D eigenvalue weighted by molar-refractivity contribution is 6.07. The summed E-state index contributed by atoms with van der Waals surface area (Å²) in [5, 5.41) is 0. The van der Waals surface area contributed by atoms with Crippen LogP contribution in [0.4, 0.5) is 5.69 Å². The maximum absolute atomic E-state index is 13.4. The summed E-state index contributed by atoms with van der Waals surface area (Å²) in [4.78, 5) is 28.3. The van der Waals surface area contributed by atoms with Crippen molar-refractivity contribution in [2.24, 2.45) is 0 Å². The Bertz CT molecular complexity index is 1030. The minimum absolute atomic E-state index is 0.00308. The lowest BCUT2D eigenvalue weighted by Gasteiger charge is -2.39. The monoisotopic (exact) mass is 405 g/mol. The molecule has 0 unspecified atom stereocenters. The van der Waals surface area contributed by atoms with Crippen LogP contribution in [-0.4, -0.2) is 25.9 Å². The third-order valence-electron chi connectivity index (χ3n) is 5.95. The zero-order valence-electron chi connectivity index (χ0n) is 18.0. The minimum atomic E-state index is -0.326. The number of allylic oxidation sites excluding steroid dienone is 2. The Kier molecular flexibility index (Phi) is 5.37. The number of ketones is 1. The molecule has 1 heterocycles. The van der Waals surface area contributed by atoms with Gasteiger partial charge in [0.1, 0.15) is 0 Å². The van der Waals surface area contributed by atoms with Gasteiger partial charge in [0.2, 0.25) is 5.91 Å². The van der Waals surface area contributed by atoms with Crippen molar-refractivity contribution < 1.29 is 19.1 Å². The molecule has 0 saturated carbocycles. The molecule has 30 heavy (non-hydrogen) atoms. The van der Waals surface area contributed by atoms with Gasteiger partial charge < -0.3 is 9.47 Å². The third-order valence-corrected chi connectivity index (χ3v) is 5.95. The van der Waals surface area contributed by atoms with E-state index in [-0.39, 0.29) is 24.0 Å². The van der Waals surface area contributed by atoms with Gasteiger partial charge in [-0.25, -0.2) is 0 Å². The van der Waals surface area contributed by atoms with Crippen molar-refractivity contribution in [2.75, 3.05) is 19.1 Å². The molecule has 5 nitrogen and oxygen atoms in total. The molecule has 0 aromatic heterocycles. The summed E-state index contributed by atoms with van der Waals surface area (Å²) in [7, 11) is 3.18. The predicted molar refractivity (Wildman–Crippen MR) is 116 cm³/mol. The Morgan fingerprint density at radius 3 is 2.37 bits per heavy atom. The zero-order valence-corrected chi connectivity index (χ0v) is 18.0. The van der Waals surface area contributed by atoms with Crippen LogP contribution in [0.3, 0.4) is 0 Å². The van der Waals surface area contributed by atoms with Crippen LogP contribution in [0, 0.1) is 13.8 Å². The van der Waals surface area contributed by atoms with E-state index in [0.717, 1.165) is 40.1 Å². The molecule has 1 aliphatic heterocycles. The Labute approximate surface area is 177 Å². The van der Waals surface area contributed by atoms with Crippen molar-refractivity contribution in [2.45, 2.75) is 45.4 Å². The molecule has 0 fully saturated rings. The molecule has 5 heteroatoms. The van der Waals surface area contributed by atoms with Crippen molar-refractivity contribution in [1.82, 2.24) is 0 Å². The number of hydrogen-bond acceptors (Lipinski definition) is 4. The second kappa shape index (κ2) is 7.98. The highest BCUT2D eigenvalue weighted by Crippen LogP contribution is 2.47. The lowest BCUT2D eigenvalue weighted by atomic mass is 9.76. The number of nitrogens with zero attached hydrogens (tertiary/aromatic N) is 1. The van der Waals surface area contributed by atoms with Crippen LogP contribution >= 0.6 is 0 Å². The van der Waals surface area contributed by atoms with Gasteiger partial charge in [-0.15, -0.1) is 0 Å². The quantitative estimate of drug-likeness (QED) is 0.730. The van der Waals surface area contributed by atoms with Crippen molar-refractivity contribution in [3.8, 4) is 11.5 Å². The second-order valence-corrected chi connectivity index (χ2v) is 8.05. The number of benzene rings is 2. The summed E-state index contributed by atoms with van der Waals surface area (Å²) >= 11 is 0. The number of methoxy groups -OCH3 is 2. The molecule has 2 aromatic carbocycles. The van der Waals surface area contributed by atoms with Gasteiger partial charge in [0.15, 0.2) is 17.3 Å². The fraction of sp³-hybridized carbons (Fsp3) is 0.360. The molecule has 0 saturated heterocycles. The van der Waals surface area contributed by atoms with E-state index in [9.17, 15) is 9.59 Å². The summed E-state index contributed by atoms with van der Waals surface area (Å²) in [6, 6.07) is 11.8. The van der Waals surface area contributed by atoms with Crippen molar-refractivity contribution in [3.63, 3.8) is 0 Å². The molecule has 1 atom stereocenters. The molecule has 4 rings (SSSR count). The number of Topliss-reactive ketones (excluding diaryl/α,β-unsaturated/α-hetero) is 1. The van der Waals surface area contributed by atoms with Gasteiger partial charge >= 0.3 is 0 Å². The lowest BCUT2D eigenvalue weighted by Crippen LogP contribution is -2.40. The summed E-state index contributed by atoms with van der Waals surface area (Å²) in [6.07, 6.45) is 2.20. The largest absolute Gasteiger partial charge is 0.493 e. The Hall–Kier alpha value is -3.08. The summed E-state index contributed by atoms with van der Waals surface area (Å²) < 4.78 is 11.1. The number of carbonyl (C=O) groups excluding carboxylic acids is 2. The first kappa shape index (κ1) is 20.2. The smallest absolute Gasteiger partial charge is 0.232 e. The number of rotatable bonds is 4. The van der Waals surface area contributed by atoms with Gasteiger partial charge in [-0.2, -0.15) is 0 Å². The number of carbonyl (C=O) groups is 2. The van der Waals surface area contributed by atoms with E-state index in [1.54, 1.807) is 19.1 Å². The van der Waals surface area contributed by atoms with Crippen LogP contribution < -0.4 is 14.4 Å². The average molecular weight is 405 g/mol. The second-order valence-electron chi connectivity index (χ2n) is 8.05. The van der Waals surface area contributed by atoms with E-state index >= 15 is 0 Å². The number of ether oxygens (including phenoxy) is 2. The van der Waals surface area contributed by atoms with E-state index in [1.165, 1.54) is 0 Å². The first-order valence-electron chi connectivity index (χ1n) is 10.3. The highest BCUT2D eigenvalue weighted by Gasteiger charge is 2.41. The Morgan fingerprint density at radius 2 is 1.70 bits per heavy atom. The Balaban J connectivity index is 1.91. The molecule has 0 spiro atoms. The first-order chi connectivity index (χ1) is 14.4. The number of anilines is 1. The minimum Gasteiger partial charge on any atom is -0.493 e. The van der Waals surface area contributed by atoms with Crippen LogP contribution in [0.5, 0.6) is 11.5 Å². The van der Waals surface area contributed by atoms with Crippen LogP contribution in [0.15, 0.2) is 47.7 Å². The van der Waals surface area contributed by atoms with Crippen LogP contribution in [0.1, 0.15) is 48.3 Å². The van der Waals surface area contributed by atoms with Crippen molar-refractivity contribution >= 4 is 17.4 Å². The standard InChI is InChI=1S/C25H27NO4/c1-15-11-16(2)13-17(12-15)26-20-8-6-9-21(27)24(20)19(14-23(26)28)18-7-5-10-22(29-3)25(18)30-4/h5,7,10-13,19H,6,8-9,14H2,1-4H3/t19-/m1/s1.